The summed E-state index contributed by atoms with van der Waals surface area (Å²) in [5.74, 6) is 0.743. The summed E-state index contributed by atoms with van der Waals surface area (Å²) in [5.41, 5.74) is 3.12. The van der Waals surface area contributed by atoms with Gasteiger partial charge in [-0.25, -0.2) is 8.42 Å². The van der Waals surface area contributed by atoms with E-state index in [1.165, 1.54) is 6.20 Å². The van der Waals surface area contributed by atoms with Crippen LogP contribution in [-0.4, -0.2) is 29.3 Å². The van der Waals surface area contributed by atoms with Gasteiger partial charge in [0.25, 0.3) is 0 Å². The second-order valence-electron chi connectivity index (χ2n) is 7.55. The largest absolute Gasteiger partial charge is 0.491 e. The number of anilines is 1. The van der Waals surface area contributed by atoms with E-state index in [0.29, 0.717) is 29.2 Å². The molecule has 0 bridgehead atoms. The number of fused-ring (bicyclic) bond motifs is 1. The van der Waals surface area contributed by atoms with Gasteiger partial charge in [0.15, 0.2) is 0 Å². The molecule has 0 unspecified atom stereocenters. The molecule has 1 aromatic carbocycles. The van der Waals surface area contributed by atoms with Crippen LogP contribution >= 0.6 is 0 Å². The maximum Gasteiger partial charge on any atom is 0.235 e. The lowest BCUT2D eigenvalue weighted by Crippen LogP contribution is -2.22. The Balaban J connectivity index is 2.10. The highest BCUT2D eigenvalue weighted by molar-refractivity contribution is 7.93. The molecule has 0 saturated heterocycles. The molecule has 0 aliphatic heterocycles. The Hall–Kier alpha value is -3.05. The third-order valence-electron chi connectivity index (χ3n) is 4.72. The average Bonchev–Trinajstić information content (AvgIpc) is 3.00. The van der Waals surface area contributed by atoms with Crippen LogP contribution in [-0.2, 0) is 16.6 Å². The molecule has 0 atom stereocenters. The van der Waals surface area contributed by atoms with Crippen molar-refractivity contribution in [3.8, 4) is 23.2 Å². The minimum Gasteiger partial charge on any atom is -0.491 e. The van der Waals surface area contributed by atoms with Crippen LogP contribution in [0.1, 0.15) is 40.2 Å². The molecule has 158 valence electrons. The summed E-state index contributed by atoms with van der Waals surface area (Å²) in [7, 11) is -3.45. The molecule has 30 heavy (non-hydrogen) atoms. The van der Waals surface area contributed by atoms with Gasteiger partial charge in [0.2, 0.25) is 10.0 Å². The highest BCUT2D eigenvalue weighted by atomic mass is 32.2. The van der Waals surface area contributed by atoms with Gasteiger partial charge < -0.3 is 9.30 Å². The van der Waals surface area contributed by atoms with Gasteiger partial charge in [0.05, 0.1) is 45.7 Å². The second kappa shape index (κ2) is 8.36. The first-order chi connectivity index (χ1) is 14.2. The van der Waals surface area contributed by atoms with E-state index in [1.807, 2.05) is 43.5 Å². The Morgan fingerprint density at radius 1 is 1.20 bits per heavy atom. The minimum absolute atomic E-state index is 0.0474. The van der Waals surface area contributed by atoms with Gasteiger partial charge in [-0.05, 0) is 58.9 Å². The first-order valence-electron chi connectivity index (χ1n) is 9.89. The molecule has 0 aliphatic rings. The van der Waals surface area contributed by atoms with E-state index in [2.05, 4.69) is 15.8 Å². The Bertz CT molecular complexity index is 1200. The van der Waals surface area contributed by atoms with Crippen LogP contribution in [0.15, 0.2) is 36.5 Å². The van der Waals surface area contributed by atoms with Gasteiger partial charge in [0, 0.05) is 18.0 Å². The minimum atomic E-state index is -3.45. The topological polar surface area (TPSA) is 97.0 Å². The zero-order chi connectivity index (χ0) is 22.1. The molecule has 0 saturated carbocycles. The highest BCUT2D eigenvalue weighted by Gasteiger charge is 2.20. The van der Waals surface area contributed by atoms with Crippen molar-refractivity contribution in [1.29, 1.82) is 5.26 Å². The number of hydrogen-bond acceptors (Lipinski definition) is 5. The number of nitriles is 1. The fraction of sp³-hybridized carbons (Fsp3) is 0.364. The zero-order valence-electron chi connectivity index (χ0n) is 17.8. The van der Waals surface area contributed by atoms with Crippen molar-refractivity contribution in [1.82, 2.24) is 9.55 Å². The molecule has 0 radical (unpaired) electrons. The molecule has 0 amide bonds. The molecule has 3 aromatic rings. The van der Waals surface area contributed by atoms with Gasteiger partial charge in [0.1, 0.15) is 11.8 Å². The molecule has 2 heterocycles. The van der Waals surface area contributed by atoms with Crippen molar-refractivity contribution in [2.45, 2.75) is 52.5 Å². The van der Waals surface area contributed by atoms with E-state index in [-0.39, 0.29) is 6.10 Å². The van der Waals surface area contributed by atoms with Crippen LogP contribution in [0.25, 0.3) is 22.3 Å². The number of sulfonamides is 1. The fourth-order valence-corrected chi connectivity index (χ4v) is 3.94. The Morgan fingerprint density at radius 3 is 2.47 bits per heavy atom. The van der Waals surface area contributed by atoms with E-state index in [0.717, 1.165) is 16.7 Å². The number of pyridine rings is 1. The maximum absolute atomic E-state index is 12.1. The van der Waals surface area contributed by atoms with E-state index in [4.69, 9.17) is 4.74 Å². The Morgan fingerprint density at radius 2 is 1.93 bits per heavy atom. The second-order valence-corrected chi connectivity index (χ2v) is 9.79. The summed E-state index contributed by atoms with van der Waals surface area (Å²) >= 11 is 0. The molecule has 0 fully saturated rings. The first-order valence-corrected chi connectivity index (χ1v) is 11.4. The molecule has 8 heteroatoms. The standard InChI is InChI=1S/C22H26N4O3S/c1-6-26-21-11-17(29-14(2)3)8-9-18(21)19(12-23)22(26)20-10-7-16(13-24-20)25-30(27,28)15(4)5/h7-11,13-15,25H,6H2,1-5H3. The molecule has 1 N–H and O–H groups in total. The van der Waals surface area contributed by atoms with Crippen molar-refractivity contribution >= 4 is 26.6 Å². The summed E-state index contributed by atoms with van der Waals surface area (Å²) in [4.78, 5) is 4.45. The molecule has 0 aliphatic carbocycles. The zero-order valence-corrected chi connectivity index (χ0v) is 18.6. The monoisotopic (exact) mass is 426 g/mol. The van der Waals surface area contributed by atoms with E-state index >= 15 is 0 Å². The molecular weight excluding hydrogens is 400 g/mol. The molecular formula is C22H26N4O3S. The molecule has 2 aromatic heterocycles. The van der Waals surface area contributed by atoms with Gasteiger partial charge in [-0.15, -0.1) is 0 Å². The van der Waals surface area contributed by atoms with Gasteiger partial charge in [-0.3, -0.25) is 9.71 Å². The number of benzene rings is 1. The molecule has 7 nitrogen and oxygen atoms in total. The Kier molecular flexibility index (Phi) is 6.04. The van der Waals surface area contributed by atoms with Gasteiger partial charge in [-0.1, -0.05) is 0 Å². The number of aromatic nitrogens is 2. The highest BCUT2D eigenvalue weighted by Crippen LogP contribution is 2.35. The molecule has 0 spiro atoms. The smallest absolute Gasteiger partial charge is 0.235 e. The van der Waals surface area contributed by atoms with E-state index in [1.54, 1.807) is 26.0 Å². The maximum atomic E-state index is 12.1. The van der Waals surface area contributed by atoms with Gasteiger partial charge in [-0.2, -0.15) is 5.26 Å². The SMILES string of the molecule is CCn1c(-c2ccc(NS(=O)(=O)C(C)C)cn2)c(C#N)c2ccc(OC(C)C)cc21. The van der Waals surface area contributed by atoms with Crippen LogP contribution < -0.4 is 9.46 Å². The first kappa shape index (κ1) is 21.7. The number of ether oxygens (including phenoxy) is 1. The quantitative estimate of drug-likeness (QED) is 0.598. The van der Waals surface area contributed by atoms with Crippen LogP contribution in [0.3, 0.4) is 0 Å². The Labute approximate surface area is 177 Å². The fourth-order valence-electron chi connectivity index (χ4n) is 3.26. The van der Waals surface area contributed by atoms with Crippen molar-refractivity contribution in [3.05, 3.63) is 42.1 Å². The third kappa shape index (κ3) is 4.12. The number of hydrogen-bond donors (Lipinski definition) is 1. The lowest BCUT2D eigenvalue weighted by molar-refractivity contribution is 0.242. The summed E-state index contributed by atoms with van der Waals surface area (Å²) in [6, 6.07) is 11.4. The lowest BCUT2D eigenvalue weighted by Gasteiger charge is -2.12. The van der Waals surface area contributed by atoms with Crippen LogP contribution in [0.5, 0.6) is 5.75 Å². The van der Waals surface area contributed by atoms with Crippen molar-refractivity contribution in [3.63, 3.8) is 0 Å². The van der Waals surface area contributed by atoms with E-state index < -0.39 is 15.3 Å². The summed E-state index contributed by atoms with van der Waals surface area (Å²) in [6.07, 6.45) is 1.52. The third-order valence-corrected chi connectivity index (χ3v) is 6.48. The summed E-state index contributed by atoms with van der Waals surface area (Å²) in [6.45, 7) is 9.80. The lowest BCUT2D eigenvalue weighted by atomic mass is 10.1. The van der Waals surface area contributed by atoms with Crippen LogP contribution in [0, 0.1) is 11.3 Å². The van der Waals surface area contributed by atoms with Crippen molar-refractivity contribution in [2.75, 3.05) is 4.72 Å². The summed E-state index contributed by atoms with van der Waals surface area (Å²) < 4.78 is 34.5. The van der Waals surface area contributed by atoms with Crippen LogP contribution in [0.4, 0.5) is 5.69 Å². The summed E-state index contributed by atoms with van der Waals surface area (Å²) in [5, 5.41) is 10.1. The van der Waals surface area contributed by atoms with Crippen molar-refractivity contribution < 1.29 is 13.2 Å². The number of rotatable bonds is 7. The van der Waals surface area contributed by atoms with Crippen LogP contribution in [0.2, 0.25) is 0 Å². The predicted molar refractivity (Wildman–Crippen MR) is 119 cm³/mol. The molecule has 3 rings (SSSR count). The average molecular weight is 427 g/mol. The number of nitrogens with zero attached hydrogens (tertiary/aromatic N) is 3. The number of nitrogens with one attached hydrogen (secondary N) is 1. The normalized spacial score (nSPS) is 11.8. The number of aryl methyl sites for hydroxylation is 1. The van der Waals surface area contributed by atoms with Gasteiger partial charge >= 0.3 is 0 Å². The van der Waals surface area contributed by atoms with Crippen molar-refractivity contribution in [2.24, 2.45) is 0 Å². The predicted octanol–water partition coefficient (Wildman–Crippen LogP) is 4.53. The van der Waals surface area contributed by atoms with E-state index in [9.17, 15) is 13.7 Å².